The molecule has 10 nitrogen and oxygen atoms in total. The van der Waals surface area contributed by atoms with Crippen LogP contribution in [0.25, 0.3) is 10.9 Å². The Kier molecular flexibility index (Phi) is 9.41. The van der Waals surface area contributed by atoms with Gasteiger partial charge in [0.1, 0.15) is 6.10 Å². The molecule has 3 aromatic rings. The van der Waals surface area contributed by atoms with Gasteiger partial charge in [0.05, 0.1) is 23.0 Å². The summed E-state index contributed by atoms with van der Waals surface area (Å²) in [5.41, 5.74) is 3.49. The molecule has 2 atom stereocenters. The van der Waals surface area contributed by atoms with E-state index in [9.17, 15) is 18.0 Å². The molecule has 0 unspecified atom stereocenters. The first kappa shape index (κ1) is 30.3. The smallest absolute Gasteiger partial charge is 0.293 e. The van der Waals surface area contributed by atoms with Crippen molar-refractivity contribution in [2.24, 2.45) is 0 Å². The zero-order valence-corrected chi connectivity index (χ0v) is 25.4. The van der Waals surface area contributed by atoms with E-state index in [4.69, 9.17) is 21.1 Å². The Labute approximate surface area is 251 Å². The van der Waals surface area contributed by atoms with Crippen molar-refractivity contribution in [3.8, 4) is 0 Å². The zero-order chi connectivity index (χ0) is 29.9. The molecule has 3 heterocycles. The highest BCUT2D eigenvalue weighted by Crippen LogP contribution is 2.35. The van der Waals surface area contributed by atoms with Gasteiger partial charge in [0.15, 0.2) is 0 Å². The van der Waals surface area contributed by atoms with Gasteiger partial charge in [-0.1, -0.05) is 30.7 Å². The Balaban J connectivity index is 1.48. The summed E-state index contributed by atoms with van der Waals surface area (Å²) < 4.78 is 40.1. The van der Waals surface area contributed by atoms with Crippen molar-refractivity contribution in [2.75, 3.05) is 36.9 Å². The van der Waals surface area contributed by atoms with Crippen LogP contribution in [-0.4, -0.2) is 76.1 Å². The fourth-order valence-corrected chi connectivity index (χ4v) is 7.16. The van der Waals surface area contributed by atoms with Gasteiger partial charge in [-0.2, -0.15) is 0 Å². The van der Waals surface area contributed by atoms with Crippen LogP contribution in [-0.2, 0) is 43.7 Å². The standard InChI is InChI=1S/C30H37ClN4O6S/c1-3-21-18-35-9-12-42(38,39)34(2)27-16-22(15-25(21)29(27)35)30(37)33-26(14-20-5-4-6-23(31)13-20)28(41-19-36)17-32-24-7-10-40-11-8-24/h4-6,13,15-16,18-19,24,26,28,32H,3,7-12,14,17H2,1-2H3,(H,33,37)/t26-,28+/m0/s1. The summed E-state index contributed by atoms with van der Waals surface area (Å²) in [4.78, 5) is 25.5. The Morgan fingerprint density at radius 1 is 1.24 bits per heavy atom. The molecular weight excluding hydrogens is 580 g/mol. The Hall–Kier alpha value is -3.12. The number of carbonyl (C=O) groups excluding carboxylic acids is 2. The van der Waals surface area contributed by atoms with Crippen molar-refractivity contribution >= 4 is 50.6 Å². The number of hydrogen-bond donors (Lipinski definition) is 2. The molecule has 2 aromatic carbocycles. The molecule has 0 aliphatic carbocycles. The molecule has 42 heavy (non-hydrogen) atoms. The van der Waals surface area contributed by atoms with E-state index in [-0.39, 0.29) is 11.8 Å². The Bertz CT molecular complexity index is 1550. The molecule has 0 bridgehead atoms. The topological polar surface area (TPSA) is 119 Å². The van der Waals surface area contributed by atoms with E-state index in [2.05, 4.69) is 10.6 Å². The summed E-state index contributed by atoms with van der Waals surface area (Å²) in [7, 11) is -2.03. The highest BCUT2D eigenvalue weighted by molar-refractivity contribution is 7.92. The van der Waals surface area contributed by atoms with Gasteiger partial charge in [-0.05, 0) is 61.1 Å². The van der Waals surface area contributed by atoms with Crippen LogP contribution in [0.4, 0.5) is 5.69 Å². The molecule has 0 spiro atoms. The zero-order valence-electron chi connectivity index (χ0n) is 23.8. The van der Waals surface area contributed by atoms with Crippen LogP contribution in [0.2, 0.25) is 5.02 Å². The monoisotopic (exact) mass is 616 g/mol. The van der Waals surface area contributed by atoms with Gasteiger partial charge >= 0.3 is 0 Å². The lowest BCUT2D eigenvalue weighted by atomic mass is 9.99. The number of rotatable bonds is 11. The maximum atomic E-state index is 13.9. The predicted molar refractivity (Wildman–Crippen MR) is 163 cm³/mol. The molecule has 1 fully saturated rings. The molecule has 2 aliphatic rings. The number of halogens is 1. The minimum Gasteiger partial charge on any atom is -0.461 e. The number of aromatic nitrogens is 1. The third-order valence-corrected chi connectivity index (χ3v) is 10.2. The third kappa shape index (κ3) is 6.59. The molecular formula is C30H37ClN4O6S. The summed E-state index contributed by atoms with van der Waals surface area (Å²) in [6.45, 7) is 4.44. The number of nitrogens with zero attached hydrogens (tertiary/aromatic N) is 2. The van der Waals surface area contributed by atoms with E-state index >= 15 is 0 Å². The van der Waals surface area contributed by atoms with Gasteiger partial charge < -0.3 is 24.7 Å². The van der Waals surface area contributed by atoms with Crippen LogP contribution in [0, 0.1) is 0 Å². The minimum absolute atomic E-state index is 0.0286. The highest BCUT2D eigenvalue weighted by atomic mass is 35.5. The first-order chi connectivity index (χ1) is 20.2. The van der Waals surface area contributed by atoms with Crippen LogP contribution in [0.3, 0.4) is 0 Å². The van der Waals surface area contributed by atoms with E-state index in [1.165, 1.54) is 11.4 Å². The lowest BCUT2D eigenvalue weighted by Crippen LogP contribution is -2.51. The number of ether oxygens (including phenoxy) is 2. The fraction of sp³-hybridized carbons (Fsp3) is 0.467. The van der Waals surface area contributed by atoms with Crippen LogP contribution >= 0.6 is 11.6 Å². The molecule has 2 N–H and O–H groups in total. The number of amides is 1. The van der Waals surface area contributed by atoms with Crippen LogP contribution < -0.4 is 14.9 Å². The number of carbonyl (C=O) groups is 2. The lowest BCUT2D eigenvalue weighted by Gasteiger charge is -2.30. The second kappa shape index (κ2) is 13.0. The largest absolute Gasteiger partial charge is 0.461 e. The van der Waals surface area contributed by atoms with E-state index in [1.807, 2.05) is 42.0 Å². The highest BCUT2D eigenvalue weighted by Gasteiger charge is 2.30. The normalized spacial score (nSPS) is 18.3. The average Bonchev–Trinajstić information content (AvgIpc) is 3.31. The van der Waals surface area contributed by atoms with Gasteiger partial charge in [0.25, 0.3) is 12.4 Å². The summed E-state index contributed by atoms with van der Waals surface area (Å²) in [6.07, 6.45) is 4.08. The van der Waals surface area contributed by atoms with E-state index in [0.29, 0.717) is 55.5 Å². The molecule has 1 saturated heterocycles. The molecule has 2 aliphatic heterocycles. The minimum atomic E-state index is -3.56. The number of sulfonamides is 1. The van der Waals surface area contributed by atoms with Gasteiger partial charge in [0, 0.05) is 61.6 Å². The lowest BCUT2D eigenvalue weighted by molar-refractivity contribution is -0.134. The van der Waals surface area contributed by atoms with Crippen molar-refractivity contribution < 1.29 is 27.5 Å². The molecule has 12 heteroatoms. The van der Waals surface area contributed by atoms with Crippen molar-refractivity contribution in [2.45, 2.75) is 57.3 Å². The number of anilines is 1. The SMILES string of the molecule is CCc1cn2c3c(cc(C(=O)N[C@@H](Cc4cccc(Cl)c4)[C@@H](CNC4CCOCC4)OC=O)cc13)N(C)S(=O)(=O)CC2. The Morgan fingerprint density at radius 2 is 2.02 bits per heavy atom. The van der Waals surface area contributed by atoms with Crippen LogP contribution in [0.5, 0.6) is 0 Å². The fourth-order valence-electron chi connectivity index (χ4n) is 5.80. The van der Waals surface area contributed by atoms with Crippen LogP contribution in [0.1, 0.15) is 41.3 Å². The van der Waals surface area contributed by atoms with E-state index < -0.39 is 28.1 Å². The van der Waals surface area contributed by atoms with Gasteiger partial charge in [-0.25, -0.2) is 8.42 Å². The van der Waals surface area contributed by atoms with Crippen LogP contribution in [0.15, 0.2) is 42.6 Å². The molecule has 1 amide bonds. The molecule has 5 rings (SSSR count). The average molecular weight is 617 g/mol. The van der Waals surface area contributed by atoms with Gasteiger partial charge in [-0.15, -0.1) is 0 Å². The maximum Gasteiger partial charge on any atom is 0.293 e. The van der Waals surface area contributed by atoms with E-state index in [1.54, 1.807) is 12.1 Å². The van der Waals surface area contributed by atoms with Gasteiger partial charge in [0.2, 0.25) is 10.0 Å². The first-order valence-electron chi connectivity index (χ1n) is 14.3. The van der Waals surface area contributed by atoms with E-state index in [0.717, 1.165) is 41.3 Å². The maximum absolute atomic E-state index is 13.9. The predicted octanol–water partition coefficient (Wildman–Crippen LogP) is 3.29. The summed E-state index contributed by atoms with van der Waals surface area (Å²) >= 11 is 6.25. The second-order valence-electron chi connectivity index (χ2n) is 10.9. The first-order valence-corrected chi connectivity index (χ1v) is 16.3. The molecule has 1 aromatic heterocycles. The summed E-state index contributed by atoms with van der Waals surface area (Å²) in [6, 6.07) is 10.4. The Morgan fingerprint density at radius 3 is 2.74 bits per heavy atom. The summed E-state index contributed by atoms with van der Waals surface area (Å²) in [5, 5.41) is 7.97. The number of aryl methyl sites for hydroxylation is 2. The molecule has 226 valence electrons. The van der Waals surface area contributed by atoms with Gasteiger partial charge in [-0.3, -0.25) is 13.9 Å². The number of benzene rings is 2. The third-order valence-electron chi connectivity index (χ3n) is 8.19. The van der Waals surface area contributed by atoms with Crippen molar-refractivity contribution in [3.05, 3.63) is 64.3 Å². The molecule has 0 radical (unpaired) electrons. The van der Waals surface area contributed by atoms with Crippen molar-refractivity contribution in [1.29, 1.82) is 0 Å². The number of nitrogens with one attached hydrogen (secondary N) is 2. The quantitative estimate of drug-likeness (QED) is 0.317. The second-order valence-corrected chi connectivity index (χ2v) is 13.4. The molecule has 0 saturated carbocycles. The van der Waals surface area contributed by atoms with Crippen molar-refractivity contribution in [3.63, 3.8) is 0 Å². The number of hydrogen-bond acceptors (Lipinski definition) is 7. The van der Waals surface area contributed by atoms with Crippen molar-refractivity contribution in [1.82, 2.24) is 15.2 Å². The summed E-state index contributed by atoms with van der Waals surface area (Å²) in [5.74, 6) is -0.422.